The largest absolute Gasteiger partial charge is 0.444 e. The minimum absolute atomic E-state index is 0.210. The monoisotopic (exact) mass is 409 g/mol. The average molecular weight is 410 g/mol. The molecule has 7 heteroatoms. The van der Waals surface area contributed by atoms with Crippen molar-refractivity contribution in [1.82, 2.24) is 9.97 Å². The van der Waals surface area contributed by atoms with Crippen LogP contribution in [0.4, 0.5) is 9.80 Å². The van der Waals surface area contributed by atoms with Gasteiger partial charge in [0.1, 0.15) is 16.6 Å². The third-order valence-electron chi connectivity index (χ3n) is 4.39. The number of ether oxygens (including phenoxy) is 1. The summed E-state index contributed by atoms with van der Waals surface area (Å²) >= 11 is 3.03. The first-order chi connectivity index (χ1) is 13.5. The van der Waals surface area contributed by atoms with E-state index < -0.39 is 6.09 Å². The number of aromatic nitrogens is 2. The maximum atomic E-state index is 12.2. The summed E-state index contributed by atoms with van der Waals surface area (Å²) in [6.45, 7) is 6.23. The zero-order valence-electron chi connectivity index (χ0n) is 15.8. The number of hydrogen-bond donors (Lipinski definition) is 1. The molecule has 0 aliphatic rings. The van der Waals surface area contributed by atoms with Gasteiger partial charge in [-0.2, -0.15) is 0 Å². The van der Waals surface area contributed by atoms with Crippen molar-refractivity contribution < 1.29 is 9.53 Å². The molecule has 0 fully saturated rings. The van der Waals surface area contributed by atoms with Crippen LogP contribution in [0.5, 0.6) is 0 Å². The molecular formula is C21H19N3O2S2. The Morgan fingerprint density at radius 2 is 2.00 bits per heavy atom. The molecule has 0 spiro atoms. The van der Waals surface area contributed by atoms with Crippen LogP contribution < -0.4 is 5.32 Å². The van der Waals surface area contributed by atoms with Gasteiger partial charge in [-0.25, -0.2) is 14.8 Å². The number of thiazole rings is 2. The highest BCUT2D eigenvalue weighted by atomic mass is 32.1. The van der Waals surface area contributed by atoms with Gasteiger partial charge in [0.25, 0.3) is 0 Å². The van der Waals surface area contributed by atoms with Gasteiger partial charge >= 0.3 is 6.09 Å². The molecule has 2 aromatic heterocycles. The Balaban J connectivity index is 1.43. The van der Waals surface area contributed by atoms with E-state index in [-0.39, 0.29) is 6.61 Å². The van der Waals surface area contributed by atoms with Gasteiger partial charge in [-0.15, -0.1) is 11.3 Å². The summed E-state index contributed by atoms with van der Waals surface area (Å²) in [5, 5.41) is 4.41. The van der Waals surface area contributed by atoms with Gasteiger partial charge in [0.15, 0.2) is 0 Å². The molecular weight excluding hydrogens is 390 g/mol. The van der Waals surface area contributed by atoms with E-state index in [0.717, 1.165) is 32.0 Å². The summed E-state index contributed by atoms with van der Waals surface area (Å²) < 4.78 is 6.46. The molecule has 1 amide bonds. The van der Waals surface area contributed by atoms with Gasteiger partial charge < -0.3 is 4.74 Å². The number of nitrogens with zero attached hydrogens (tertiary/aromatic N) is 2. The first-order valence-corrected chi connectivity index (χ1v) is 10.5. The summed E-state index contributed by atoms with van der Waals surface area (Å²) in [6.07, 6.45) is -0.483. The van der Waals surface area contributed by atoms with Gasteiger partial charge in [0.05, 0.1) is 21.4 Å². The van der Waals surface area contributed by atoms with E-state index in [1.807, 2.05) is 30.6 Å². The number of carbonyl (C=O) groups excluding carboxylic acids is 1. The summed E-state index contributed by atoms with van der Waals surface area (Å²) in [5.74, 6) is 0. The predicted octanol–water partition coefficient (Wildman–Crippen LogP) is 6.09. The van der Waals surface area contributed by atoms with Crippen LogP contribution in [0.25, 0.3) is 20.8 Å². The predicted molar refractivity (Wildman–Crippen MR) is 115 cm³/mol. The second-order valence-electron chi connectivity index (χ2n) is 6.61. The van der Waals surface area contributed by atoms with E-state index in [2.05, 4.69) is 47.3 Å². The molecule has 0 unspecified atom stereocenters. The molecule has 0 aliphatic heterocycles. The second kappa shape index (κ2) is 7.69. The Kier molecular flexibility index (Phi) is 5.11. The number of hydrogen-bond acceptors (Lipinski definition) is 6. The Morgan fingerprint density at radius 1 is 1.14 bits per heavy atom. The highest BCUT2D eigenvalue weighted by Gasteiger charge is 2.14. The van der Waals surface area contributed by atoms with Crippen LogP contribution >= 0.6 is 22.7 Å². The fraction of sp³-hybridized carbons (Fsp3) is 0.190. The lowest BCUT2D eigenvalue weighted by Crippen LogP contribution is -2.13. The van der Waals surface area contributed by atoms with E-state index in [0.29, 0.717) is 5.00 Å². The Morgan fingerprint density at radius 3 is 2.82 bits per heavy atom. The van der Waals surface area contributed by atoms with Crippen molar-refractivity contribution in [2.75, 3.05) is 5.32 Å². The maximum absolute atomic E-state index is 12.2. The number of nitrogens with one attached hydrogen (secondary N) is 1. The minimum Gasteiger partial charge on any atom is -0.444 e. The molecule has 0 aliphatic carbocycles. The van der Waals surface area contributed by atoms with E-state index >= 15 is 0 Å². The van der Waals surface area contributed by atoms with E-state index in [9.17, 15) is 4.79 Å². The highest BCUT2D eigenvalue weighted by molar-refractivity contribution is 7.19. The molecule has 0 saturated heterocycles. The molecule has 4 aromatic rings. The number of anilines is 1. The minimum atomic E-state index is -0.483. The van der Waals surface area contributed by atoms with Crippen LogP contribution in [-0.2, 0) is 11.3 Å². The lowest BCUT2D eigenvalue weighted by atomic mass is 10.1. The van der Waals surface area contributed by atoms with Crippen molar-refractivity contribution >= 4 is 44.0 Å². The number of carbonyl (C=O) groups is 1. The smallest absolute Gasteiger partial charge is 0.412 e. The van der Waals surface area contributed by atoms with Gasteiger partial charge in [0.2, 0.25) is 0 Å². The van der Waals surface area contributed by atoms with Crippen molar-refractivity contribution in [2.45, 2.75) is 27.4 Å². The zero-order chi connectivity index (χ0) is 19.7. The van der Waals surface area contributed by atoms with Crippen LogP contribution in [-0.4, -0.2) is 16.1 Å². The van der Waals surface area contributed by atoms with Gasteiger partial charge in [-0.1, -0.05) is 41.2 Å². The molecule has 28 heavy (non-hydrogen) atoms. The summed E-state index contributed by atoms with van der Waals surface area (Å²) in [4.78, 5) is 21.1. The van der Waals surface area contributed by atoms with Crippen LogP contribution in [0.1, 0.15) is 22.4 Å². The molecule has 2 aromatic carbocycles. The van der Waals surface area contributed by atoms with E-state index in [1.165, 1.54) is 22.5 Å². The van der Waals surface area contributed by atoms with Gasteiger partial charge in [-0.05, 0) is 44.0 Å². The molecule has 0 atom stereocenters. The maximum Gasteiger partial charge on any atom is 0.412 e. The zero-order valence-corrected chi connectivity index (χ0v) is 17.4. The third-order valence-corrected chi connectivity index (χ3v) is 6.29. The molecule has 1 N–H and O–H groups in total. The highest BCUT2D eigenvalue weighted by Crippen LogP contribution is 2.34. The number of fused-ring (bicyclic) bond motifs is 1. The summed E-state index contributed by atoms with van der Waals surface area (Å²) in [6, 6.07) is 12.1. The Bertz CT molecular complexity index is 1160. The van der Waals surface area contributed by atoms with Crippen LogP contribution in [0, 0.1) is 20.8 Å². The van der Waals surface area contributed by atoms with Crippen molar-refractivity contribution in [1.29, 1.82) is 0 Å². The molecule has 0 bridgehead atoms. The van der Waals surface area contributed by atoms with Gasteiger partial charge in [0, 0.05) is 5.56 Å². The molecule has 0 radical (unpaired) electrons. The first kappa shape index (κ1) is 18.6. The summed E-state index contributed by atoms with van der Waals surface area (Å²) in [7, 11) is 0. The normalized spacial score (nSPS) is 11.0. The lowest BCUT2D eigenvalue weighted by Gasteiger charge is -2.06. The topological polar surface area (TPSA) is 64.1 Å². The van der Waals surface area contributed by atoms with Gasteiger partial charge in [-0.3, -0.25) is 5.32 Å². The van der Waals surface area contributed by atoms with E-state index in [4.69, 9.17) is 4.74 Å². The quantitative estimate of drug-likeness (QED) is 0.443. The number of amides is 1. The molecule has 0 saturated carbocycles. The standard InChI is InChI=1S/C21H19N3O2S2/c1-12-4-6-16(13(2)8-12)20-23-14(3)19(28-20)24-21(25)26-10-15-5-7-17-18(9-15)27-11-22-17/h4-9,11H,10H2,1-3H3,(H,24,25). The Labute approximate surface area is 171 Å². The Hall–Kier alpha value is -2.77. The molecule has 4 rings (SSSR count). The van der Waals surface area contributed by atoms with E-state index in [1.54, 1.807) is 11.3 Å². The first-order valence-electron chi connectivity index (χ1n) is 8.80. The van der Waals surface area contributed by atoms with Crippen LogP contribution in [0.3, 0.4) is 0 Å². The van der Waals surface area contributed by atoms with Crippen molar-refractivity contribution in [3.05, 3.63) is 64.3 Å². The van der Waals surface area contributed by atoms with Crippen molar-refractivity contribution in [3.8, 4) is 10.6 Å². The summed E-state index contributed by atoms with van der Waals surface area (Å²) in [5.41, 5.74) is 7.94. The average Bonchev–Trinajstić information content (AvgIpc) is 3.26. The SMILES string of the molecule is Cc1ccc(-c2nc(C)c(NC(=O)OCc3ccc4ncsc4c3)s2)c(C)c1. The number of aryl methyl sites for hydroxylation is 3. The van der Waals surface area contributed by atoms with Crippen LogP contribution in [0.2, 0.25) is 0 Å². The number of benzene rings is 2. The van der Waals surface area contributed by atoms with Crippen molar-refractivity contribution in [2.24, 2.45) is 0 Å². The van der Waals surface area contributed by atoms with Crippen LogP contribution in [0.15, 0.2) is 41.9 Å². The molecule has 2 heterocycles. The van der Waals surface area contributed by atoms with Crippen molar-refractivity contribution in [3.63, 3.8) is 0 Å². The molecule has 142 valence electrons. The molecule has 5 nitrogen and oxygen atoms in total. The fourth-order valence-corrected chi connectivity index (χ4v) is 4.73. The second-order valence-corrected chi connectivity index (χ2v) is 8.49. The third kappa shape index (κ3) is 3.90. The number of rotatable bonds is 4. The fourth-order valence-electron chi connectivity index (χ4n) is 2.95. The lowest BCUT2D eigenvalue weighted by molar-refractivity contribution is 0.155.